The van der Waals surface area contributed by atoms with E-state index < -0.39 is 0 Å². The SMILES string of the molecule is C(C#Cc1ccco1)#Cc1ccco1. The molecule has 0 saturated heterocycles. The predicted molar refractivity (Wildman–Crippen MR) is 51.2 cm³/mol. The van der Waals surface area contributed by atoms with Crippen LogP contribution in [0, 0.1) is 23.7 Å². The van der Waals surface area contributed by atoms with Gasteiger partial charge in [0, 0.05) is 0 Å². The van der Waals surface area contributed by atoms with Crippen molar-refractivity contribution in [1.82, 2.24) is 0 Å². The van der Waals surface area contributed by atoms with E-state index in [1.165, 1.54) is 0 Å². The number of rotatable bonds is 0. The van der Waals surface area contributed by atoms with Crippen molar-refractivity contribution >= 4 is 0 Å². The minimum absolute atomic E-state index is 0.610. The minimum Gasteiger partial charge on any atom is -0.456 e. The molecular formula is C12H6O2. The normalized spacial score (nSPS) is 8.29. The molecule has 0 spiro atoms. The fourth-order valence-electron chi connectivity index (χ4n) is 0.885. The molecule has 0 aromatic carbocycles. The maximum Gasteiger partial charge on any atom is 0.177 e. The average molecular weight is 182 g/mol. The Labute approximate surface area is 81.5 Å². The van der Waals surface area contributed by atoms with Crippen LogP contribution in [0.15, 0.2) is 45.6 Å². The molecule has 0 bridgehead atoms. The number of hydrogen-bond donors (Lipinski definition) is 0. The summed E-state index contributed by atoms with van der Waals surface area (Å²) < 4.78 is 10.0. The predicted octanol–water partition coefficient (Wildman–Crippen LogP) is 2.28. The molecule has 2 rings (SSSR count). The molecule has 2 nitrogen and oxygen atoms in total. The minimum atomic E-state index is 0.610. The van der Waals surface area contributed by atoms with Gasteiger partial charge in [-0.25, -0.2) is 0 Å². The summed E-state index contributed by atoms with van der Waals surface area (Å²) in [5.41, 5.74) is 0. The van der Waals surface area contributed by atoms with Crippen LogP contribution in [0.2, 0.25) is 0 Å². The van der Waals surface area contributed by atoms with Gasteiger partial charge in [-0.15, -0.1) is 0 Å². The van der Waals surface area contributed by atoms with Crippen LogP contribution in [-0.4, -0.2) is 0 Å². The highest BCUT2D eigenvalue weighted by atomic mass is 16.3. The Balaban J connectivity index is 2.07. The summed E-state index contributed by atoms with van der Waals surface area (Å²) in [7, 11) is 0. The van der Waals surface area contributed by atoms with Crippen LogP contribution in [0.5, 0.6) is 0 Å². The Morgan fingerprint density at radius 1 is 0.786 bits per heavy atom. The van der Waals surface area contributed by atoms with Gasteiger partial charge in [0.25, 0.3) is 0 Å². The van der Waals surface area contributed by atoms with E-state index in [2.05, 4.69) is 23.7 Å². The molecule has 0 aliphatic carbocycles. The Morgan fingerprint density at radius 2 is 1.29 bits per heavy atom. The third kappa shape index (κ3) is 2.09. The van der Waals surface area contributed by atoms with E-state index in [9.17, 15) is 0 Å². The van der Waals surface area contributed by atoms with Gasteiger partial charge in [-0.05, 0) is 47.9 Å². The van der Waals surface area contributed by atoms with Crippen molar-refractivity contribution < 1.29 is 8.83 Å². The van der Waals surface area contributed by atoms with Crippen molar-refractivity contribution in [2.75, 3.05) is 0 Å². The topological polar surface area (TPSA) is 26.3 Å². The van der Waals surface area contributed by atoms with Crippen molar-refractivity contribution in [3.05, 3.63) is 48.3 Å². The first-order valence-electron chi connectivity index (χ1n) is 4.04. The molecule has 0 N–H and O–H groups in total. The van der Waals surface area contributed by atoms with Gasteiger partial charge in [0.15, 0.2) is 11.5 Å². The fraction of sp³-hybridized carbons (Fsp3) is 0. The van der Waals surface area contributed by atoms with E-state index in [4.69, 9.17) is 8.83 Å². The first-order valence-corrected chi connectivity index (χ1v) is 4.04. The molecule has 0 radical (unpaired) electrons. The van der Waals surface area contributed by atoms with Gasteiger partial charge in [-0.2, -0.15) is 0 Å². The Morgan fingerprint density at radius 3 is 1.64 bits per heavy atom. The van der Waals surface area contributed by atoms with E-state index in [0.29, 0.717) is 11.5 Å². The Kier molecular flexibility index (Phi) is 2.41. The van der Waals surface area contributed by atoms with Gasteiger partial charge in [0.05, 0.1) is 12.5 Å². The highest BCUT2D eigenvalue weighted by molar-refractivity contribution is 5.38. The maximum absolute atomic E-state index is 5.01. The molecule has 0 amide bonds. The van der Waals surface area contributed by atoms with Crippen LogP contribution in [0.3, 0.4) is 0 Å². The van der Waals surface area contributed by atoms with Crippen LogP contribution in [-0.2, 0) is 0 Å². The van der Waals surface area contributed by atoms with Crippen LogP contribution >= 0.6 is 0 Å². The second-order valence-corrected chi connectivity index (χ2v) is 2.45. The van der Waals surface area contributed by atoms with Gasteiger partial charge < -0.3 is 8.83 Å². The third-order valence-corrected chi connectivity index (χ3v) is 1.48. The Bertz CT molecular complexity index is 446. The molecule has 0 atom stereocenters. The summed E-state index contributed by atoms with van der Waals surface area (Å²) in [5.74, 6) is 12.1. The van der Waals surface area contributed by atoms with Gasteiger partial charge >= 0.3 is 0 Å². The van der Waals surface area contributed by atoms with E-state index in [-0.39, 0.29) is 0 Å². The van der Waals surface area contributed by atoms with Crippen LogP contribution in [0.4, 0.5) is 0 Å². The third-order valence-electron chi connectivity index (χ3n) is 1.48. The first-order chi connectivity index (χ1) is 6.95. The molecule has 0 unspecified atom stereocenters. The number of furan rings is 2. The number of hydrogen-bond acceptors (Lipinski definition) is 2. The monoisotopic (exact) mass is 182 g/mol. The van der Waals surface area contributed by atoms with E-state index in [0.717, 1.165) is 0 Å². The zero-order valence-electron chi connectivity index (χ0n) is 7.28. The van der Waals surface area contributed by atoms with Crippen LogP contribution in [0.1, 0.15) is 11.5 Å². The fourth-order valence-corrected chi connectivity index (χ4v) is 0.885. The summed E-state index contributed by atoms with van der Waals surface area (Å²) in [6.45, 7) is 0. The quantitative estimate of drug-likeness (QED) is 0.584. The van der Waals surface area contributed by atoms with Gasteiger partial charge in [-0.3, -0.25) is 0 Å². The van der Waals surface area contributed by atoms with Crippen LogP contribution in [0.25, 0.3) is 0 Å². The molecule has 2 aromatic rings. The molecule has 0 fully saturated rings. The largest absolute Gasteiger partial charge is 0.456 e. The summed E-state index contributed by atoms with van der Waals surface area (Å²) in [4.78, 5) is 0. The molecule has 66 valence electrons. The van der Waals surface area contributed by atoms with Crippen molar-refractivity contribution in [1.29, 1.82) is 0 Å². The maximum atomic E-state index is 5.01. The van der Waals surface area contributed by atoms with Gasteiger partial charge in [0.2, 0.25) is 0 Å². The van der Waals surface area contributed by atoms with Crippen molar-refractivity contribution in [2.45, 2.75) is 0 Å². The smallest absolute Gasteiger partial charge is 0.177 e. The van der Waals surface area contributed by atoms with Crippen molar-refractivity contribution in [2.24, 2.45) is 0 Å². The Hall–Kier alpha value is -2.32. The van der Waals surface area contributed by atoms with Crippen molar-refractivity contribution in [3.63, 3.8) is 0 Å². The summed E-state index contributed by atoms with van der Waals surface area (Å²) in [5, 5.41) is 0. The molecule has 0 aliphatic rings. The summed E-state index contributed by atoms with van der Waals surface area (Å²) in [6, 6.07) is 7.12. The first kappa shape index (κ1) is 8.29. The lowest BCUT2D eigenvalue weighted by molar-refractivity contribution is 0.554. The zero-order valence-corrected chi connectivity index (χ0v) is 7.28. The molecule has 0 saturated carbocycles. The molecular weight excluding hydrogens is 176 g/mol. The second kappa shape index (κ2) is 4.07. The second-order valence-electron chi connectivity index (χ2n) is 2.45. The zero-order chi connectivity index (χ0) is 9.64. The van der Waals surface area contributed by atoms with Crippen LogP contribution < -0.4 is 0 Å². The van der Waals surface area contributed by atoms with E-state index in [1.807, 2.05) is 0 Å². The lowest BCUT2D eigenvalue weighted by Gasteiger charge is -1.73. The summed E-state index contributed by atoms with van der Waals surface area (Å²) in [6.07, 6.45) is 3.15. The van der Waals surface area contributed by atoms with Gasteiger partial charge in [0.1, 0.15) is 0 Å². The average Bonchev–Trinajstić information content (AvgIpc) is 2.86. The lowest BCUT2D eigenvalue weighted by Crippen LogP contribution is -1.63. The molecule has 2 aromatic heterocycles. The molecule has 14 heavy (non-hydrogen) atoms. The highest BCUT2D eigenvalue weighted by Gasteiger charge is 1.85. The molecule has 0 aliphatic heterocycles. The molecule has 2 heteroatoms. The van der Waals surface area contributed by atoms with Crippen molar-refractivity contribution in [3.8, 4) is 23.7 Å². The highest BCUT2D eigenvalue weighted by Crippen LogP contribution is 1.96. The summed E-state index contributed by atoms with van der Waals surface area (Å²) >= 11 is 0. The van der Waals surface area contributed by atoms with E-state index >= 15 is 0 Å². The van der Waals surface area contributed by atoms with Gasteiger partial charge in [-0.1, -0.05) is 0 Å². The standard InChI is InChI=1S/C12H6O2/c1(5-11-7-3-9-13-11)2-6-12-8-4-10-14-12/h3-4,7-10H. The van der Waals surface area contributed by atoms with E-state index in [1.54, 1.807) is 36.8 Å². The molecule has 2 heterocycles. The lowest BCUT2D eigenvalue weighted by atomic mass is 10.4.